The number of halogens is 5. The third kappa shape index (κ3) is 5.08. The maximum absolute atomic E-state index is 14.8. The molecule has 1 N–H and O–H groups in total. The summed E-state index contributed by atoms with van der Waals surface area (Å²) in [6, 6.07) is 0.699. The third-order valence-corrected chi connectivity index (χ3v) is 6.71. The molecular formula is C24H28ClF4N5O2. The second kappa shape index (κ2) is 9.33. The Bertz CT molecular complexity index is 1200. The highest BCUT2D eigenvalue weighted by molar-refractivity contribution is 6.31. The van der Waals surface area contributed by atoms with Gasteiger partial charge in [-0.2, -0.15) is 0 Å². The van der Waals surface area contributed by atoms with Crippen molar-refractivity contribution in [1.29, 1.82) is 0 Å². The van der Waals surface area contributed by atoms with Crippen molar-refractivity contribution < 1.29 is 27.2 Å². The molecule has 2 amide bonds. The number of hydrogen-bond acceptors (Lipinski definition) is 4. The molecule has 1 fully saturated rings. The molecule has 196 valence electrons. The van der Waals surface area contributed by atoms with Gasteiger partial charge in [0.15, 0.2) is 5.69 Å². The maximum Gasteiger partial charge on any atom is 0.282 e. The van der Waals surface area contributed by atoms with Crippen LogP contribution in [0.5, 0.6) is 0 Å². The third-order valence-electron chi connectivity index (χ3n) is 6.42. The SMILES string of the molecule is CN1CCCn2c(-c3cc(Cl)c(F)cc3F)nc(C(=O)N[C@H](C(=O)N3CC(F)(F)C3)C(C)(C)C)c2C1. The largest absolute Gasteiger partial charge is 0.338 e. The molecule has 2 aliphatic heterocycles. The molecule has 0 spiro atoms. The Labute approximate surface area is 211 Å². The van der Waals surface area contributed by atoms with Crippen molar-refractivity contribution >= 4 is 23.4 Å². The zero-order chi connectivity index (χ0) is 26.6. The van der Waals surface area contributed by atoms with Crippen LogP contribution in [0.1, 0.15) is 43.4 Å². The molecule has 1 aromatic carbocycles. The number of likely N-dealkylation sites (tertiary alicyclic amines) is 1. The summed E-state index contributed by atoms with van der Waals surface area (Å²) in [7, 11) is 1.87. The molecule has 2 aromatic rings. The minimum Gasteiger partial charge on any atom is -0.338 e. The normalized spacial score (nSPS) is 18.8. The molecule has 0 saturated carbocycles. The molecule has 0 radical (unpaired) electrons. The zero-order valence-corrected chi connectivity index (χ0v) is 21.2. The number of rotatable bonds is 4. The lowest BCUT2D eigenvalue weighted by atomic mass is 9.85. The van der Waals surface area contributed by atoms with Gasteiger partial charge in [0.1, 0.15) is 23.5 Å². The summed E-state index contributed by atoms with van der Waals surface area (Å²) in [6.07, 6.45) is 0.691. The quantitative estimate of drug-likeness (QED) is 0.481. The number of fused-ring (bicyclic) bond motifs is 1. The smallest absolute Gasteiger partial charge is 0.282 e. The first-order valence-corrected chi connectivity index (χ1v) is 12.0. The Morgan fingerprint density at radius 1 is 1.14 bits per heavy atom. The standard InChI is InChI=1S/C24H28ClF4N5O2/c1-23(2,3)19(22(36)33-11-24(28,29)12-33)31-21(35)18-17-10-32(4)6-5-7-34(17)20(30-18)13-8-14(25)16(27)9-15(13)26/h8-9,19H,5-7,10-12H2,1-4H3,(H,31,35)/t19-/m1/s1. The van der Waals surface area contributed by atoms with E-state index in [9.17, 15) is 27.2 Å². The molecule has 3 heterocycles. The van der Waals surface area contributed by atoms with E-state index in [1.165, 1.54) is 0 Å². The van der Waals surface area contributed by atoms with Gasteiger partial charge in [0, 0.05) is 19.2 Å². The molecule has 4 rings (SSSR count). The van der Waals surface area contributed by atoms with Gasteiger partial charge >= 0.3 is 0 Å². The molecule has 7 nitrogen and oxygen atoms in total. The fraction of sp³-hybridized carbons (Fsp3) is 0.542. The number of nitrogens with zero attached hydrogens (tertiary/aromatic N) is 4. The number of carbonyl (C=O) groups is 2. The fourth-order valence-corrected chi connectivity index (χ4v) is 4.66. The van der Waals surface area contributed by atoms with Crippen molar-refractivity contribution in [2.24, 2.45) is 5.41 Å². The Hall–Kier alpha value is -2.66. The Balaban J connectivity index is 1.73. The van der Waals surface area contributed by atoms with Gasteiger partial charge < -0.3 is 19.7 Å². The molecule has 1 aromatic heterocycles. The van der Waals surface area contributed by atoms with E-state index in [2.05, 4.69) is 10.3 Å². The summed E-state index contributed by atoms with van der Waals surface area (Å²) in [5.74, 6) is -5.92. The number of carbonyl (C=O) groups excluding carboxylic acids is 2. The van der Waals surface area contributed by atoms with Crippen LogP contribution in [0.4, 0.5) is 17.6 Å². The van der Waals surface area contributed by atoms with Gasteiger partial charge in [0.05, 0.1) is 29.4 Å². The number of benzene rings is 1. The van der Waals surface area contributed by atoms with Crippen LogP contribution in [0, 0.1) is 17.0 Å². The first-order valence-electron chi connectivity index (χ1n) is 11.6. The summed E-state index contributed by atoms with van der Waals surface area (Å²) in [6.45, 7) is 5.21. The van der Waals surface area contributed by atoms with Crippen molar-refractivity contribution in [2.75, 3.05) is 26.7 Å². The van der Waals surface area contributed by atoms with Crippen LogP contribution in [-0.4, -0.2) is 69.8 Å². The van der Waals surface area contributed by atoms with E-state index in [0.717, 1.165) is 11.0 Å². The van der Waals surface area contributed by atoms with Crippen LogP contribution in [0.2, 0.25) is 5.02 Å². The molecule has 36 heavy (non-hydrogen) atoms. The summed E-state index contributed by atoms with van der Waals surface area (Å²) in [5, 5.41) is 2.40. The topological polar surface area (TPSA) is 70.5 Å². The maximum atomic E-state index is 14.8. The van der Waals surface area contributed by atoms with E-state index in [1.807, 2.05) is 11.9 Å². The van der Waals surface area contributed by atoms with Gasteiger partial charge in [0.2, 0.25) is 5.91 Å². The van der Waals surface area contributed by atoms with E-state index in [4.69, 9.17) is 11.6 Å². The highest BCUT2D eigenvalue weighted by Gasteiger charge is 2.49. The van der Waals surface area contributed by atoms with E-state index >= 15 is 0 Å². The second-order valence-corrected chi connectivity index (χ2v) is 10.9. The average Bonchev–Trinajstić information content (AvgIpc) is 2.97. The predicted molar refractivity (Wildman–Crippen MR) is 126 cm³/mol. The summed E-state index contributed by atoms with van der Waals surface area (Å²) in [5.41, 5.74) is -0.366. The Kier molecular flexibility index (Phi) is 6.85. The highest BCUT2D eigenvalue weighted by atomic mass is 35.5. The number of aromatic nitrogens is 2. The number of amides is 2. The van der Waals surface area contributed by atoms with E-state index < -0.39 is 53.9 Å². The van der Waals surface area contributed by atoms with Crippen LogP contribution < -0.4 is 5.32 Å². The number of nitrogens with one attached hydrogen (secondary N) is 1. The lowest BCUT2D eigenvalue weighted by molar-refractivity contribution is -0.169. The molecule has 0 unspecified atom stereocenters. The number of alkyl halides is 2. The summed E-state index contributed by atoms with van der Waals surface area (Å²) < 4.78 is 57.0. The van der Waals surface area contributed by atoms with E-state index in [0.29, 0.717) is 37.8 Å². The van der Waals surface area contributed by atoms with Gasteiger partial charge in [0.25, 0.3) is 11.8 Å². The minimum atomic E-state index is -2.94. The van der Waals surface area contributed by atoms with Gasteiger partial charge in [-0.25, -0.2) is 22.5 Å². The molecular weight excluding hydrogens is 502 g/mol. The number of imidazole rings is 1. The fourth-order valence-electron chi connectivity index (χ4n) is 4.50. The first kappa shape index (κ1) is 26.4. The van der Waals surface area contributed by atoms with Crippen molar-refractivity contribution in [3.63, 3.8) is 0 Å². The highest BCUT2D eigenvalue weighted by Crippen LogP contribution is 2.33. The average molecular weight is 530 g/mol. The molecule has 1 atom stereocenters. The monoisotopic (exact) mass is 529 g/mol. The van der Waals surface area contributed by atoms with Crippen LogP contribution >= 0.6 is 11.6 Å². The Morgan fingerprint density at radius 2 is 1.81 bits per heavy atom. The van der Waals surface area contributed by atoms with E-state index in [1.54, 1.807) is 25.3 Å². The van der Waals surface area contributed by atoms with Crippen molar-refractivity contribution in [3.8, 4) is 11.4 Å². The number of hydrogen-bond donors (Lipinski definition) is 1. The van der Waals surface area contributed by atoms with Gasteiger partial charge in [-0.15, -0.1) is 0 Å². The van der Waals surface area contributed by atoms with Gasteiger partial charge in [-0.3, -0.25) is 9.59 Å². The Morgan fingerprint density at radius 3 is 2.42 bits per heavy atom. The summed E-state index contributed by atoms with van der Waals surface area (Å²) >= 11 is 5.90. The molecule has 1 saturated heterocycles. The zero-order valence-electron chi connectivity index (χ0n) is 20.5. The molecule has 0 aliphatic carbocycles. The van der Waals surface area contributed by atoms with Crippen LogP contribution in [0.25, 0.3) is 11.4 Å². The van der Waals surface area contributed by atoms with Gasteiger partial charge in [-0.05, 0) is 31.5 Å². The minimum absolute atomic E-state index is 0.0189. The summed E-state index contributed by atoms with van der Waals surface area (Å²) in [4.78, 5) is 33.9. The molecule has 0 bridgehead atoms. The first-order chi connectivity index (χ1) is 16.7. The van der Waals surface area contributed by atoms with Crippen LogP contribution in [0.3, 0.4) is 0 Å². The molecule has 12 heteroatoms. The predicted octanol–water partition coefficient (Wildman–Crippen LogP) is 3.94. The lowest BCUT2D eigenvalue weighted by Gasteiger charge is -2.43. The van der Waals surface area contributed by atoms with Crippen LogP contribution in [-0.2, 0) is 17.9 Å². The lowest BCUT2D eigenvalue weighted by Crippen LogP contribution is -2.64. The van der Waals surface area contributed by atoms with Gasteiger partial charge in [-0.1, -0.05) is 32.4 Å². The van der Waals surface area contributed by atoms with Crippen molar-refractivity contribution in [1.82, 2.24) is 24.7 Å². The van der Waals surface area contributed by atoms with Crippen LogP contribution in [0.15, 0.2) is 12.1 Å². The van der Waals surface area contributed by atoms with Crippen molar-refractivity contribution in [2.45, 2.75) is 52.2 Å². The second-order valence-electron chi connectivity index (χ2n) is 10.5. The van der Waals surface area contributed by atoms with E-state index in [-0.39, 0.29) is 22.1 Å². The molecule has 2 aliphatic rings. The van der Waals surface area contributed by atoms with Crippen molar-refractivity contribution in [3.05, 3.63) is 40.2 Å².